The average Bonchev–Trinajstić information content (AvgIpc) is 2.96. The van der Waals surface area contributed by atoms with Gasteiger partial charge in [0.05, 0.1) is 18.9 Å². The summed E-state index contributed by atoms with van der Waals surface area (Å²) in [6, 6.07) is 13.6. The van der Waals surface area contributed by atoms with Crippen LogP contribution in [0.4, 0.5) is 4.39 Å². The van der Waals surface area contributed by atoms with E-state index in [0.717, 1.165) is 28.2 Å². The van der Waals surface area contributed by atoms with Gasteiger partial charge in [0.25, 0.3) is 5.91 Å². The predicted molar refractivity (Wildman–Crippen MR) is 108 cm³/mol. The maximum atomic E-state index is 13.2. The van der Waals surface area contributed by atoms with Crippen molar-refractivity contribution in [2.24, 2.45) is 5.10 Å². The highest BCUT2D eigenvalue weighted by atomic mass is 19.1. The van der Waals surface area contributed by atoms with Gasteiger partial charge >= 0.3 is 0 Å². The summed E-state index contributed by atoms with van der Waals surface area (Å²) in [6.45, 7) is 5.84. The van der Waals surface area contributed by atoms with E-state index < -0.39 is 0 Å². The molecule has 0 saturated carbocycles. The van der Waals surface area contributed by atoms with E-state index in [2.05, 4.69) is 10.5 Å². The molecule has 144 valence electrons. The summed E-state index contributed by atoms with van der Waals surface area (Å²) in [7, 11) is 1.53. The molecule has 3 rings (SSSR count). The zero-order chi connectivity index (χ0) is 20.3. The number of hydrogen-bond donors (Lipinski definition) is 1. The third-order valence-electron chi connectivity index (χ3n) is 4.53. The van der Waals surface area contributed by atoms with Crippen LogP contribution in [0.1, 0.15) is 32.9 Å². The molecule has 0 saturated heterocycles. The number of aryl methyl sites for hydroxylation is 2. The largest absolute Gasteiger partial charge is 0.496 e. The summed E-state index contributed by atoms with van der Waals surface area (Å²) in [6.07, 6.45) is 1.60. The first-order valence-electron chi connectivity index (χ1n) is 8.83. The van der Waals surface area contributed by atoms with Crippen molar-refractivity contribution in [1.82, 2.24) is 9.99 Å². The Morgan fingerprint density at radius 2 is 1.82 bits per heavy atom. The zero-order valence-electron chi connectivity index (χ0n) is 16.3. The number of carbonyl (C=O) groups is 1. The minimum absolute atomic E-state index is 0.276. The highest BCUT2D eigenvalue weighted by Gasteiger charge is 2.12. The number of amides is 1. The molecular weight excluding hydrogens is 357 g/mol. The lowest BCUT2D eigenvalue weighted by Gasteiger charge is -2.09. The van der Waals surface area contributed by atoms with Crippen LogP contribution in [-0.4, -0.2) is 23.8 Å². The highest BCUT2D eigenvalue weighted by Crippen LogP contribution is 2.21. The Morgan fingerprint density at radius 1 is 1.11 bits per heavy atom. The molecule has 0 unspecified atom stereocenters. The molecule has 6 heteroatoms. The highest BCUT2D eigenvalue weighted by molar-refractivity contribution is 5.97. The van der Waals surface area contributed by atoms with E-state index in [0.29, 0.717) is 11.3 Å². The Labute approximate surface area is 163 Å². The Kier molecular flexibility index (Phi) is 5.59. The van der Waals surface area contributed by atoms with Crippen molar-refractivity contribution in [2.45, 2.75) is 20.8 Å². The van der Waals surface area contributed by atoms with Gasteiger partial charge in [0.2, 0.25) is 0 Å². The Hall–Kier alpha value is -3.41. The van der Waals surface area contributed by atoms with Crippen molar-refractivity contribution in [2.75, 3.05) is 7.11 Å². The summed E-state index contributed by atoms with van der Waals surface area (Å²) in [5.74, 6) is -0.120. The molecule has 1 aromatic heterocycles. The lowest BCUT2D eigenvalue weighted by atomic mass is 10.1. The average molecular weight is 379 g/mol. The van der Waals surface area contributed by atoms with Gasteiger partial charge in [0, 0.05) is 22.6 Å². The number of hydrazone groups is 1. The fourth-order valence-electron chi connectivity index (χ4n) is 3.11. The molecule has 0 aliphatic heterocycles. The number of hydrogen-bond acceptors (Lipinski definition) is 3. The van der Waals surface area contributed by atoms with E-state index >= 15 is 0 Å². The van der Waals surface area contributed by atoms with Crippen molar-refractivity contribution in [3.63, 3.8) is 0 Å². The SMILES string of the molecule is COc1cc(C)ccc1C(=O)N/N=C\c1cc(C)n(-c2ccc(F)cc2)c1C. The van der Waals surface area contributed by atoms with Crippen molar-refractivity contribution in [1.29, 1.82) is 0 Å². The first-order valence-corrected chi connectivity index (χ1v) is 8.83. The van der Waals surface area contributed by atoms with Crippen LogP contribution in [0.25, 0.3) is 5.69 Å². The summed E-state index contributed by atoms with van der Waals surface area (Å²) in [5.41, 5.74) is 7.61. The molecule has 3 aromatic rings. The van der Waals surface area contributed by atoms with E-state index in [1.54, 1.807) is 30.5 Å². The van der Waals surface area contributed by atoms with Crippen LogP contribution in [0, 0.1) is 26.6 Å². The van der Waals surface area contributed by atoms with Crippen molar-refractivity contribution in [3.05, 3.63) is 82.4 Å². The van der Waals surface area contributed by atoms with Crippen LogP contribution in [-0.2, 0) is 0 Å². The molecule has 28 heavy (non-hydrogen) atoms. The minimum atomic E-state index is -0.347. The summed E-state index contributed by atoms with van der Waals surface area (Å²) >= 11 is 0. The summed E-state index contributed by atoms with van der Waals surface area (Å²) in [5, 5.41) is 4.09. The van der Waals surface area contributed by atoms with E-state index in [-0.39, 0.29) is 11.7 Å². The molecule has 1 heterocycles. The molecule has 0 radical (unpaired) electrons. The Bertz CT molecular complexity index is 1040. The fraction of sp³-hybridized carbons (Fsp3) is 0.182. The van der Waals surface area contributed by atoms with E-state index in [4.69, 9.17) is 4.74 Å². The van der Waals surface area contributed by atoms with Gasteiger partial charge in [-0.15, -0.1) is 0 Å². The molecule has 2 aromatic carbocycles. The summed E-state index contributed by atoms with van der Waals surface area (Å²) in [4.78, 5) is 12.4. The number of carbonyl (C=O) groups excluding carboxylic acids is 1. The Morgan fingerprint density at radius 3 is 2.50 bits per heavy atom. The molecule has 0 spiro atoms. The van der Waals surface area contributed by atoms with Gasteiger partial charge < -0.3 is 9.30 Å². The van der Waals surface area contributed by atoms with Gasteiger partial charge in [-0.1, -0.05) is 6.07 Å². The number of benzene rings is 2. The van der Waals surface area contributed by atoms with Crippen LogP contribution in [0.15, 0.2) is 53.6 Å². The van der Waals surface area contributed by atoms with Gasteiger partial charge in [-0.3, -0.25) is 4.79 Å². The molecular formula is C22H22FN3O2. The molecule has 1 amide bonds. The lowest BCUT2D eigenvalue weighted by Crippen LogP contribution is -2.18. The number of nitrogens with zero attached hydrogens (tertiary/aromatic N) is 2. The molecule has 0 aliphatic rings. The van der Waals surface area contributed by atoms with Gasteiger partial charge in [0.1, 0.15) is 11.6 Å². The maximum Gasteiger partial charge on any atom is 0.275 e. The lowest BCUT2D eigenvalue weighted by molar-refractivity contribution is 0.0952. The second-order valence-electron chi connectivity index (χ2n) is 6.54. The number of ether oxygens (including phenoxy) is 1. The first-order chi connectivity index (χ1) is 13.4. The quantitative estimate of drug-likeness (QED) is 0.530. The van der Waals surface area contributed by atoms with Gasteiger partial charge in [-0.05, 0) is 68.8 Å². The fourth-order valence-corrected chi connectivity index (χ4v) is 3.11. The van der Waals surface area contributed by atoms with Crippen LogP contribution in [0.5, 0.6) is 5.75 Å². The third kappa shape index (κ3) is 3.96. The molecule has 5 nitrogen and oxygen atoms in total. The molecule has 0 atom stereocenters. The van der Waals surface area contributed by atoms with Gasteiger partial charge in [0.15, 0.2) is 0 Å². The van der Waals surface area contributed by atoms with Crippen molar-refractivity contribution in [3.8, 4) is 11.4 Å². The van der Waals surface area contributed by atoms with Gasteiger partial charge in [-0.25, -0.2) is 9.82 Å². The summed E-state index contributed by atoms with van der Waals surface area (Å²) < 4.78 is 20.5. The van der Waals surface area contributed by atoms with Crippen LogP contribution < -0.4 is 10.2 Å². The molecule has 1 N–H and O–H groups in total. The topological polar surface area (TPSA) is 55.6 Å². The number of rotatable bonds is 5. The van der Waals surface area contributed by atoms with E-state index in [1.165, 1.54) is 19.2 Å². The minimum Gasteiger partial charge on any atom is -0.496 e. The van der Waals surface area contributed by atoms with Crippen LogP contribution in [0.2, 0.25) is 0 Å². The maximum absolute atomic E-state index is 13.2. The van der Waals surface area contributed by atoms with Crippen LogP contribution in [0.3, 0.4) is 0 Å². The number of aromatic nitrogens is 1. The first kappa shape index (κ1) is 19.4. The second-order valence-corrected chi connectivity index (χ2v) is 6.54. The molecule has 0 fully saturated rings. The van der Waals surface area contributed by atoms with Crippen LogP contribution >= 0.6 is 0 Å². The number of nitrogens with one attached hydrogen (secondary N) is 1. The smallest absolute Gasteiger partial charge is 0.275 e. The number of methoxy groups -OCH3 is 1. The number of halogens is 1. The third-order valence-corrected chi connectivity index (χ3v) is 4.53. The second kappa shape index (κ2) is 8.08. The molecule has 0 aliphatic carbocycles. The van der Waals surface area contributed by atoms with E-state index in [1.807, 2.05) is 37.5 Å². The Balaban J connectivity index is 1.79. The van der Waals surface area contributed by atoms with Crippen molar-refractivity contribution >= 4 is 12.1 Å². The molecule has 0 bridgehead atoms. The zero-order valence-corrected chi connectivity index (χ0v) is 16.3. The monoisotopic (exact) mass is 379 g/mol. The van der Waals surface area contributed by atoms with E-state index in [9.17, 15) is 9.18 Å². The predicted octanol–water partition coefficient (Wildman–Crippen LogP) is 4.31. The van der Waals surface area contributed by atoms with Gasteiger partial charge in [-0.2, -0.15) is 5.10 Å². The standard InChI is InChI=1S/C22H22FN3O2/c1-14-5-10-20(21(11-14)28-4)22(27)25-24-13-17-12-15(2)26(16(17)3)19-8-6-18(23)7-9-19/h5-13H,1-4H3,(H,25,27)/b24-13-. The van der Waals surface area contributed by atoms with Crippen molar-refractivity contribution < 1.29 is 13.9 Å². The normalized spacial score (nSPS) is 11.0.